The Hall–Kier alpha value is -2.54. The van der Waals surface area contributed by atoms with Gasteiger partial charge in [0.2, 0.25) is 0 Å². The number of anilines is 2. The number of urea groups is 1. The summed E-state index contributed by atoms with van der Waals surface area (Å²) >= 11 is 0. The van der Waals surface area contributed by atoms with Crippen LogP contribution >= 0.6 is 0 Å². The molecule has 0 radical (unpaired) electrons. The zero-order valence-corrected chi connectivity index (χ0v) is 16.4. The van der Waals surface area contributed by atoms with E-state index >= 15 is 0 Å². The maximum atomic E-state index is 13.4. The first kappa shape index (κ1) is 17.9. The molecule has 0 spiro atoms. The summed E-state index contributed by atoms with van der Waals surface area (Å²) in [5, 5.41) is 0. The Morgan fingerprint density at radius 3 is 2.30 bits per heavy atom. The van der Waals surface area contributed by atoms with Gasteiger partial charge in [0.1, 0.15) is 5.75 Å². The number of methoxy groups -OCH3 is 1. The normalized spacial score (nSPS) is 23.6. The average molecular weight is 386 g/mol. The SMILES string of the molecule is COc1ccccc1N1C(=O)N(c2ccc(C)c(C)c2)C2CS(=O)(=O)CC21. The van der Waals surface area contributed by atoms with Crippen molar-refractivity contribution in [3.05, 3.63) is 53.6 Å². The second-order valence-corrected chi connectivity index (χ2v) is 9.33. The Balaban J connectivity index is 1.84. The van der Waals surface area contributed by atoms with E-state index < -0.39 is 21.9 Å². The number of hydrogen-bond acceptors (Lipinski definition) is 4. The Bertz CT molecular complexity index is 1020. The van der Waals surface area contributed by atoms with Crippen LogP contribution in [0.4, 0.5) is 16.2 Å². The number of fused-ring (bicyclic) bond motifs is 1. The summed E-state index contributed by atoms with van der Waals surface area (Å²) in [6, 6.07) is 12.0. The molecule has 2 amide bonds. The molecule has 0 saturated carbocycles. The highest BCUT2D eigenvalue weighted by Crippen LogP contribution is 2.41. The van der Waals surface area contributed by atoms with Crippen LogP contribution in [0.5, 0.6) is 5.75 Å². The quantitative estimate of drug-likeness (QED) is 0.761. The van der Waals surface area contributed by atoms with Crippen molar-refractivity contribution in [1.82, 2.24) is 0 Å². The van der Waals surface area contributed by atoms with Crippen LogP contribution in [-0.4, -0.2) is 45.1 Å². The number of carbonyl (C=O) groups excluding carboxylic acids is 1. The van der Waals surface area contributed by atoms with Crippen molar-refractivity contribution in [3.63, 3.8) is 0 Å². The maximum Gasteiger partial charge on any atom is 0.329 e. The molecule has 2 aliphatic heterocycles. The second-order valence-electron chi connectivity index (χ2n) is 7.17. The number of carbonyl (C=O) groups is 1. The van der Waals surface area contributed by atoms with E-state index in [2.05, 4.69) is 0 Å². The first-order chi connectivity index (χ1) is 12.8. The Morgan fingerprint density at radius 1 is 0.963 bits per heavy atom. The minimum Gasteiger partial charge on any atom is -0.495 e. The van der Waals surface area contributed by atoms with E-state index in [0.29, 0.717) is 11.4 Å². The van der Waals surface area contributed by atoms with Crippen molar-refractivity contribution in [1.29, 1.82) is 0 Å². The number of para-hydroxylation sites is 2. The topological polar surface area (TPSA) is 66.9 Å². The smallest absolute Gasteiger partial charge is 0.329 e. The molecule has 2 heterocycles. The molecule has 2 atom stereocenters. The van der Waals surface area contributed by atoms with Gasteiger partial charge in [-0.05, 0) is 49.2 Å². The van der Waals surface area contributed by atoms with Gasteiger partial charge in [-0.15, -0.1) is 0 Å². The van der Waals surface area contributed by atoms with Gasteiger partial charge < -0.3 is 4.74 Å². The van der Waals surface area contributed by atoms with Gasteiger partial charge in [0.15, 0.2) is 9.84 Å². The van der Waals surface area contributed by atoms with Crippen molar-refractivity contribution in [2.24, 2.45) is 0 Å². The third kappa shape index (κ3) is 2.86. The molecule has 2 aromatic carbocycles. The van der Waals surface area contributed by atoms with Crippen molar-refractivity contribution in [2.75, 3.05) is 28.4 Å². The first-order valence-corrected chi connectivity index (χ1v) is 10.7. The predicted molar refractivity (Wildman–Crippen MR) is 105 cm³/mol. The van der Waals surface area contributed by atoms with E-state index in [0.717, 1.165) is 16.8 Å². The molecule has 0 aromatic heterocycles. The Labute approximate surface area is 159 Å². The molecule has 2 unspecified atom stereocenters. The molecule has 2 fully saturated rings. The third-order valence-electron chi connectivity index (χ3n) is 5.48. The van der Waals surface area contributed by atoms with E-state index in [-0.39, 0.29) is 17.5 Å². The van der Waals surface area contributed by atoms with Crippen molar-refractivity contribution < 1.29 is 17.9 Å². The van der Waals surface area contributed by atoms with Gasteiger partial charge in [0.25, 0.3) is 0 Å². The van der Waals surface area contributed by atoms with Crippen LogP contribution in [0.15, 0.2) is 42.5 Å². The van der Waals surface area contributed by atoms with Gasteiger partial charge in [-0.25, -0.2) is 13.2 Å². The van der Waals surface area contributed by atoms with Gasteiger partial charge in [-0.1, -0.05) is 18.2 Å². The fraction of sp³-hybridized carbons (Fsp3) is 0.350. The van der Waals surface area contributed by atoms with Crippen LogP contribution in [0.25, 0.3) is 0 Å². The van der Waals surface area contributed by atoms with E-state index in [9.17, 15) is 13.2 Å². The monoisotopic (exact) mass is 386 g/mol. The molecule has 0 N–H and O–H groups in total. The van der Waals surface area contributed by atoms with Crippen LogP contribution in [-0.2, 0) is 9.84 Å². The van der Waals surface area contributed by atoms with Gasteiger partial charge >= 0.3 is 6.03 Å². The highest BCUT2D eigenvalue weighted by Gasteiger charge is 2.55. The molecular weight excluding hydrogens is 364 g/mol. The largest absolute Gasteiger partial charge is 0.495 e. The Kier molecular flexibility index (Phi) is 4.14. The fourth-order valence-electron chi connectivity index (χ4n) is 3.99. The number of ether oxygens (including phenoxy) is 1. The van der Waals surface area contributed by atoms with Gasteiger partial charge in [-0.3, -0.25) is 9.80 Å². The van der Waals surface area contributed by atoms with Crippen LogP contribution in [0.1, 0.15) is 11.1 Å². The minimum atomic E-state index is -3.22. The molecule has 2 saturated heterocycles. The summed E-state index contributed by atoms with van der Waals surface area (Å²) in [6.45, 7) is 4.00. The molecule has 4 rings (SSSR count). The summed E-state index contributed by atoms with van der Waals surface area (Å²) in [7, 11) is -1.68. The van der Waals surface area contributed by atoms with Crippen LogP contribution in [0, 0.1) is 13.8 Å². The van der Waals surface area contributed by atoms with Gasteiger partial charge in [-0.2, -0.15) is 0 Å². The average Bonchev–Trinajstić information content (AvgIpc) is 3.06. The lowest BCUT2D eigenvalue weighted by molar-refractivity contribution is 0.255. The highest BCUT2D eigenvalue weighted by molar-refractivity contribution is 7.91. The summed E-state index contributed by atoms with van der Waals surface area (Å²) < 4.78 is 30.2. The lowest BCUT2D eigenvalue weighted by atomic mass is 10.1. The van der Waals surface area contributed by atoms with Crippen molar-refractivity contribution in [2.45, 2.75) is 25.9 Å². The molecule has 142 valence electrons. The standard InChI is InChI=1S/C20H22N2O4S/c1-13-8-9-15(10-14(13)2)21-17-11-27(24,25)12-18(17)22(20(21)23)16-6-4-5-7-19(16)26-3/h4-10,17-18H,11-12H2,1-3H3. The lowest BCUT2D eigenvalue weighted by Gasteiger charge is -2.24. The molecule has 2 aromatic rings. The fourth-order valence-corrected chi connectivity index (χ4v) is 5.91. The van der Waals surface area contributed by atoms with Crippen LogP contribution in [0.3, 0.4) is 0 Å². The van der Waals surface area contributed by atoms with E-state index in [1.54, 1.807) is 29.0 Å². The summed E-state index contributed by atoms with van der Waals surface area (Å²) in [6.07, 6.45) is 0. The van der Waals surface area contributed by atoms with E-state index in [1.807, 2.05) is 44.2 Å². The number of aryl methyl sites for hydroxylation is 2. The summed E-state index contributed by atoms with van der Waals surface area (Å²) in [4.78, 5) is 16.6. The van der Waals surface area contributed by atoms with Crippen molar-refractivity contribution in [3.8, 4) is 5.75 Å². The molecule has 6 nitrogen and oxygen atoms in total. The zero-order valence-electron chi connectivity index (χ0n) is 15.5. The lowest BCUT2D eigenvalue weighted by Crippen LogP contribution is -2.38. The number of sulfone groups is 1. The molecule has 7 heteroatoms. The first-order valence-electron chi connectivity index (χ1n) is 8.85. The van der Waals surface area contributed by atoms with Crippen LogP contribution in [0.2, 0.25) is 0 Å². The van der Waals surface area contributed by atoms with E-state index in [1.165, 1.54) is 0 Å². The number of amides is 2. The predicted octanol–water partition coefficient (Wildman–Crippen LogP) is 2.92. The van der Waals surface area contributed by atoms with Crippen molar-refractivity contribution >= 4 is 27.2 Å². The second kappa shape index (κ2) is 6.27. The molecular formula is C20H22N2O4S. The number of benzene rings is 2. The number of rotatable bonds is 3. The number of hydrogen-bond donors (Lipinski definition) is 0. The zero-order chi connectivity index (χ0) is 19.3. The Morgan fingerprint density at radius 2 is 1.63 bits per heavy atom. The molecule has 0 aliphatic carbocycles. The molecule has 27 heavy (non-hydrogen) atoms. The summed E-state index contributed by atoms with van der Waals surface area (Å²) in [5.74, 6) is 0.487. The van der Waals surface area contributed by atoms with Gasteiger partial charge in [0, 0.05) is 5.69 Å². The van der Waals surface area contributed by atoms with E-state index in [4.69, 9.17) is 4.74 Å². The molecule has 0 bridgehead atoms. The maximum absolute atomic E-state index is 13.4. The number of nitrogens with zero attached hydrogens (tertiary/aromatic N) is 2. The highest BCUT2D eigenvalue weighted by atomic mass is 32.2. The summed E-state index contributed by atoms with van der Waals surface area (Å²) in [5.41, 5.74) is 3.52. The van der Waals surface area contributed by atoms with Gasteiger partial charge in [0.05, 0.1) is 36.4 Å². The van der Waals surface area contributed by atoms with Crippen LogP contribution < -0.4 is 14.5 Å². The molecule has 2 aliphatic rings. The third-order valence-corrected chi connectivity index (χ3v) is 7.18. The minimum absolute atomic E-state index is 0.0258.